The highest BCUT2D eigenvalue weighted by atomic mass is 127. The number of carbonyl (C=O) groups is 1. The van der Waals surface area contributed by atoms with Gasteiger partial charge in [0.2, 0.25) is 0 Å². The summed E-state index contributed by atoms with van der Waals surface area (Å²) in [7, 11) is 0. The molecule has 0 heterocycles. The Morgan fingerprint density at radius 1 is 1.22 bits per heavy atom. The summed E-state index contributed by atoms with van der Waals surface area (Å²) in [6.45, 7) is 2.00. The lowest BCUT2D eigenvalue weighted by Crippen LogP contribution is -2.12. The van der Waals surface area contributed by atoms with Crippen molar-refractivity contribution in [2.45, 2.75) is 6.92 Å². The molecule has 0 unspecified atom stereocenters. The molecular weight excluding hydrogens is 405 g/mol. The Balaban J connectivity index is 2.24. The molecule has 0 bridgehead atoms. The minimum Gasteiger partial charge on any atom is -0.322 e. The lowest BCUT2D eigenvalue weighted by atomic mass is 10.2. The summed E-state index contributed by atoms with van der Waals surface area (Å²) in [4.78, 5) is 12.2. The number of amides is 1. The van der Waals surface area contributed by atoms with E-state index in [1.807, 2.05) is 49.4 Å². The van der Waals surface area contributed by atoms with Gasteiger partial charge >= 0.3 is 0 Å². The highest BCUT2D eigenvalue weighted by molar-refractivity contribution is 14.1. The molecule has 18 heavy (non-hydrogen) atoms. The van der Waals surface area contributed by atoms with Gasteiger partial charge < -0.3 is 5.32 Å². The average molecular weight is 416 g/mol. The third-order valence-electron chi connectivity index (χ3n) is 2.45. The highest BCUT2D eigenvalue weighted by Gasteiger charge is 2.10. The lowest BCUT2D eigenvalue weighted by molar-refractivity contribution is 0.102. The topological polar surface area (TPSA) is 29.1 Å². The van der Waals surface area contributed by atoms with Gasteiger partial charge in [0.1, 0.15) is 0 Å². The number of anilines is 1. The summed E-state index contributed by atoms with van der Waals surface area (Å²) in [6.07, 6.45) is 0. The molecule has 0 aliphatic rings. The molecule has 0 aliphatic heterocycles. The van der Waals surface area contributed by atoms with Crippen molar-refractivity contribution < 1.29 is 4.79 Å². The van der Waals surface area contributed by atoms with Crippen molar-refractivity contribution in [3.63, 3.8) is 0 Å². The molecule has 2 aromatic carbocycles. The molecule has 0 aliphatic carbocycles. The van der Waals surface area contributed by atoms with Crippen molar-refractivity contribution in [3.05, 3.63) is 61.6 Å². The Morgan fingerprint density at radius 2 is 2.00 bits per heavy atom. The average Bonchev–Trinajstić information content (AvgIpc) is 2.32. The molecule has 0 saturated heterocycles. The first kappa shape index (κ1) is 13.5. The largest absolute Gasteiger partial charge is 0.322 e. The van der Waals surface area contributed by atoms with Crippen molar-refractivity contribution in [3.8, 4) is 0 Å². The van der Waals surface area contributed by atoms with E-state index >= 15 is 0 Å². The molecule has 0 aromatic heterocycles. The summed E-state index contributed by atoms with van der Waals surface area (Å²) in [5.41, 5.74) is 2.57. The summed E-state index contributed by atoms with van der Waals surface area (Å²) >= 11 is 5.59. The predicted octanol–water partition coefficient (Wildman–Crippen LogP) is 4.61. The Kier molecular flexibility index (Phi) is 4.40. The second-order valence-corrected chi connectivity index (χ2v) is 6.05. The number of rotatable bonds is 2. The fourth-order valence-electron chi connectivity index (χ4n) is 1.59. The first-order valence-corrected chi connectivity index (χ1v) is 7.26. The SMILES string of the molecule is Cc1cccc(NC(=O)c2cc(I)ccc2Br)c1. The van der Waals surface area contributed by atoms with E-state index in [0.717, 1.165) is 19.3 Å². The van der Waals surface area contributed by atoms with Crippen LogP contribution in [0.5, 0.6) is 0 Å². The standard InChI is InChI=1S/C14H11BrINO/c1-9-3-2-4-11(7-9)17-14(18)12-8-10(16)5-6-13(12)15/h2-8H,1H3,(H,17,18). The molecule has 2 nitrogen and oxygen atoms in total. The van der Waals surface area contributed by atoms with Gasteiger partial charge in [-0.1, -0.05) is 12.1 Å². The maximum Gasteiger partial charge on any atom is 0.256 e. The van der Waals surface area contributed by atoms with Crippen molar-refractivity contribution in [2.24, 2.45) is 0 Å². The van der Waals surface area contributed by atoms with Gasteiger partial charge in [0.05, 0.1) is 5.56 Å². The van der Waals surface area contributed by atoms with E-state index in [1.54, 1.807) is 0 Å². The monoisotopic (exact) mass is 415 g/mol. The van der Waals surface area contributed by atoms with Crippen LogP contribution in [0, 0.1) is 10.5 Å². The number of hydrogen-bond acceptors (Lipinski definition) is 1. The van der Waals surface area contributed by atoms with Crippen molar-refractivity contribution in [1.29, 1.82) is 0 Å². The molecular formula is C14H11BrINO. The third kappa shape index (κ3) is 3.32. The van der Waals surface area contributed by atoms with Gasteiger partial charge in [-0.25, -0.2) is 0 Å². The fourth-order valence-corrected chi connectivity index (χ4v) is 2.51. The van der Waals surface area contributed by atoms with E-state index in [9.17, 15) is 4.79 Å². The number of halogens is 2. The number of hydrogen-bond donors (Lipinski definition) is 1. The van der Waals surface area contributed by atoms with Gasteiger partial charge in [-0.15, -0.1) is 0 Å². The number of aryl methyl sites for hydroxylation is 1. The maximum absolute atomic E-state index is 12.2. The maximum atomic E-state index is 12.2. The fraction of sp³-hybridized carbons (Fsp3) is 0.0714. The molecule has 0 saturated carbocycles. The van der Waals surface area contributed by atoms with Crippen LogP contribution in [0.1, 0.15) is 15.9 Å². The van der Waals surface area contributed by atoms with Gasteiger partial charge in [0.15, 0.2) is 0 Å². The smallest absolute Gasteiger partial charge is 0.256 e. The molecule has 1 N–H and O–H groups in total. The summed E-state index contributed by atoms with van der Waals surface area (Å²) in [6, 6.07) is 13.4. The predicted molar refractivity (Wildman–Crippen MR) is 86.0 cm³/mol. The highest BCUT2D eigenvalue weighted by Crippen LogP contribution is 2.21. The van der Waals surface area contributed by atoms with Crippen molar-refractivity contribution in [1.82, 2.24) is 0 Å². The van der Waals surface area contributed by atoms with Gasteiger partial charge in [0, 0.05) is 13.7 Å². The van der Waals surface area contributed by atoms with Crippen LogP contribution in [-0.4, -0.2) is 5.91 Å². The number of benzene rings is 2. The summed E-state index contributed by atoms with van der Waals surface area (Å²) in [5.74, 6) is -0.106. The minimum absolute atomic E-state index is 0.106. The van der Waals surface area contributed by atoms with Crippen LogP contribution in [0.2, 0.25) is 0 Å². The molecule has 2 rings (SSSR count). The minimum atomic E-state index is -0.106. The zero-order chi connectivity index (χ0) is 13.1. The molecule has 0 atom stereocenters. The number of carbonyl (C=O) groups excluding carboxylic acids is 1. The van der Waals surface area contributed by atoms with E-state index in [-0.39, 0.29) is 5.91 Å². The second kappa shape index (κ2) is 5.84. The van der Waals surface area contributed by atoms with Crippen molar-refractivity contribution >= 4 is 50.1 Å². The Labute approximate surface area is 128 Å². The van der Waals surface area contributed by atoms with E-state index in [1.165, 1.54) is 0 Å². The van der Waals surface area contributed by atoms with Gasteiger partial charge in [-0.05, 0) is 81.3 Å². The molecule has 1 amide bonds. The normalized spacial score (nSPS) is 10.2. The van der Waals surface area contributed by atoms with E-state index < -0.39 is 0 Å². The van der Waals surface area contributed by atoms with Gasteiger partial charge in [-0.3, -0.25) is 4.79 Å². The quantitative estimate of drug-likeness (QED) is 0.712. The second-order valence-electron chi connectivity index (χ2n) is 3.95. The molecule has 0 radical (unpaired) electrons. The van der Waals surface area contributed by atoms with E-state index in [0.29, 0.717) is 5.56 Å². The van der Waals surface area contributed by atoms with Gasteiger partial charge in [0.25, 0.3) is 5.91 Å². The van der Waals surface area contributed by atoms with Crippen LogP contribution in [0.3, 0.4) is 0 Å². The Morgan fingerprint density at radius 3 is 2.72 bits per heavy atom. The van der Waals surface area contributed by atoms with E-state index in [2.05, 4.69) is 43.8 Å². The van der Waals surface area contributed by atoms with Crippen LogP contribution in [0.15, 0.2) is 46.9 Å². The van der Waals surface area contributed by atoms with Gasteiger partial charge in [-0.2, -0.15) is 0 Å². The van der Waals surface area contributed by atoms with Crippen molar-refractivity contribution in [2.75, 3.05) is 5.32 Å². The van der Waals surface area contributed by atoms with Crippen LogP contribution < -0.4 is 5.32 Å². The van der Waals surface area contributed by atoms with Crippen LogP contribution in [-0.2, 0) is 0 Å². The van der Waals surface area contributed by atoms with E-state index in [4.69, 9.17) is 0 Å². The zero-order valence-corrected chi connectivity index (χ0v) is 13.4. The first-order valence-electron chi connectivity index (χ1n) is 5.39. The molecule has 0 fully saturated rings. The van der Waals surface area contributed by atoms with Crippen LogP contribution in [0.25, 0.3) is 0 Å². The lowest BCUT2D eigenvalue weighted by Gasteiger charge is -2.08. The van der Waals surface area contributed by atoms with Crippen LogP contribution >= 0.6 is 38.5 Å². The summed E-state index contributed by atoms with van der Waals surface area (Å²) < 4.78 is 1.83. The molecule has 0 spiro atoms. The third-order valence-corrected chi connectivity index (χ3v) is 3.81. The zero-order valence-electron chi connectivity index (χ0n) is 9.71. The van der Waals surface area contributed by atoms with Crippen LogP contribution in [0.4, 0.5) is 5.69 Å². The Bertz CT molecular complexity index is 598. The Hall–Kier alpha value is -0.880. The first-order chi connectivity index (χ1) is 8.56. The molecule has 2 aromatic rings. The summed E-state index contributed by atoms with van der Waals surface area (Å²) in [5, 5.41) is 2.89. The number of nitrogens with one attached hydrogen (secondary N) is 1. The molecule has 4 heteroatoms. The molecule has 92 valence electrons.